The molecule has 2 heterocycles. The van der Waals surface area contributed by atoms with Crippen molar-refractivity contribution in [1.82, 2.24) is 9.22 Å². The molecule has 0 spiro atoms. The number of nitrogens with zero attached hydrogens (tertiary/aromatic N) is 2. The lowest BCUT2D eigenvalue weighted by molar-refractivity contribution is -0.143. The van der Waals surface area contributed by atoms with Crippen LogP contribution in [0.5, 0.6) is 0 Å². The highest BCUT2D eigenvalue weighted by atomic mass is 28.3. The number of aryl methyl sites for hydroxylation is 1. The summed E-state index contributed by atoms with van der Waals surface area (Å²) in [4.78, 5) is 16.2. The van der Waals surface area contributed by atoms with Crippen molar-refractivity contribution >= 4 is 25.2 Å². The largest absolute Gasteiger partial charge is 0.466 e. The maximum Gasteiger partial charge on any atom is 0.306 e. The number of halogens is 1. The second-order valence-electron chi connectivity index (χ2n) is 8.18. The molecule has 0 unspecified atom stereocenters. The van der Waals surface area contributed by atoms with Crippen LogP contribution in [0.2, 0.25) is 16.6 Å². The molecule has 2 aromatic rings. The van der Waals surface area contributed by atoms with E-state index in [0.29, 0.717) is 40.6 Å². The highest BCUT2D eigenvalue weighted by Gasteiger charge is 2.46. The molecule has 0 fully saturated rings. The predicted molar refractivity (Wildman–Crippen MR) is 111 cm³/mol. The average molecular weight is 393 g/mol. The van der Waals surface area contributed by atoms with Gasteiger partial charge in [0.2, 0.25) is 0 Å². The zero-order valence-corrected chi connectivity index (χ0v) is 18.7. The van der Waals surface area contributed by atoms with E-state index in [1.165, 1.54) is 0 Å². The summed E-state index contributed by atoms with van der Waals surface area (Å²) in [5.41, 5.74) is 2.71. The number of aromatic nitrogens is 2. The Morgan fingerprint density at radius 3 is 2.30 bits per heavy atom. The zero-order valence-electron chi connectivity index (χ0n) is 17.7. The van der Waals surface area contributed by atoms with Crippen molar-refractivity contribution in [3.8, 4) is 0 Å². The molecule has 2 rings (SSSR count). The van der Waals surface area contributed by atoms with Crippen molar-refractivity contribution in [2.45, 2.75) is 77.9 Å². The summed E-state index contributed by atoms with van der Waals surface area (Å²) in [7, 11) is -1.99. The van der Waals surface area contributed by atoms with Gasteiger partial charge in [-0.25, -0.2) is 9.37 Å². The molecular weight excluding hydrogens is 359 g/mol. The molecule has 0 atom stereocenters. The van der Waals surface area contributed by atoms with E-state index in [0.717, 1.165) is 5.65 Å². The minimum absolute atomic E-state index is 0.168. The second-order valence-corrected chi connectivity index (χ2v) is 13.9. The molecule has 0 saturated heterocycles. The molecule has 0 aliphatic heterocycles. The van der Waals surface area contributed by atoms with Gasteiger partial charge in [-0.2, -0.15) is 0 Å². The Balaban J connectivity index is 2.50. The molecule has 0 aliphatic rings. The Bertz CT molecular complexity index is 777. The molecule has 0 N–H and O–H groups in total. The van der Waals surface area contributed by atoms with Gasteiger partial charge in [-0.1, -0.05) is 41.5 Å². The number of pyridine rings is 1. The number of esters is 1. The van der Waals surface area contributed by atoms with Crippen LogP contribution in [0.4, 0.5) is 4.39 Å². The van der Waals surface area contributed by atoms with Crippen LogP contribution in [0.1, 0.15) is 60.5 Å². The van der Waals surface area contributed by atoms with Gasteiger partial charge in [0.1, 0.15) is 11.5 Å². The first kappa shape index (κ1) is 21.6. The van der Waals surface area contributed by atoms with Crippen LogP contribution in [-0.4, -0.2) is 30.0 Å². The van der Waals surface area contributed by atoms with Gasteiger partial charge in [0.05, 0.1) is 12.0 Å². The monoisotopic (exact) mass is 392 g/mol. The van der Waals surface area contributed by atoms with Gasteiger partial charge in [0, 0.05) is 18.2 Å². The number of ether oxygens (including phenoxy) is 1. The first-order valence-electron chi connectivity index (χ1n) is 9.98. The van der Waals surface area contributed by atoms with Crippen LogP contribution in [0.3, 0.4) is 0 Å². The maximum absolute atomic E-state index is 15.1. The van der Waals surface area contributed by atoms with E-state index in [1.807, 2.05) is 12.3 Å². The lowest BCUT2D eigenvalue weighted by Crippen LogP contribution is -2.51. The van der Waals surface area contributed by atoms with Gasteiger partial charge in [0.25, 0.3) is 0 Å². The van der Waals surface area contributed by atoms with Gasteiger partial charge >= 0.3 is 5.97 Å². The highest BCUT2D eigenvalue weighted by Crippen LogP contribution is 2.44. The quantitative estimate of drug-likeness (QED) is 0.428. The van der Waals surface area contributed by atoms with Crippen LogP contribution in [0.25, 0.3) is 11.0 Å². The Hall–Kier alpha value is -1.69. The van der Waals surface area contributed by atoms with E-state index in [4.69, 9.17) is 4.74 Å². The first-order chi connectivity index (χ1) is 12.7. The summed E-state index contributed by atoms with van der Waals surface area (Å²) in [6.07, 6.45) is 4.09. The first-order valence-corrected chi connectivity index (χ1v) is 12.2. The maximum atomic E-state index is 15.1. The average Bonchev–Trinajstić information content (AvgIpc) is 2.99. The van der Waals surface area contributed by atoms with E-state index >= 15 is 4.39 Å². The van der Waals surface area contributed by atoms with Crippen molar-refractivity contribution in [3.63, 3.8) is 0 Å². The third-order valence-corrected chi connectivity index (χ3v) is 12.6. The Morgan fingerprint density at radius 2 is 1.78 bits per heavy atom. The minimum atomic E-state index is -1.99. The molecule has 27 heavy (non-hydrogen) atoms. The van der Waals surface area contributed by atoms with Crippen molar-refractivity contribution in [3.05, 3.63) is 29.8 Å². The SMILES string of the molecule is CCOC(=O)CCc1cnc2c(ccn2[Si](C(C)C)(C(C)C)C(C)C)c1F. The van der Waals surface area contributed by atoms with Gasteiger partial charge in [-0.05, 0) is 42.2 Å². The molecule has 0 saturated carbocycles. The number of fused-ring (bicyclic) bond motifs is 1. The second kappa shape index (κ2) is 8.55. The molecule has 0 aliphatic carbocycles. The molecule has 6 heteroatoms. The molecule has 0 bridgehead atoms. The highest BCUT2D eigenvalue weighted by molar-refractivity contribution is 6.82. The summed E-state index contributed by atoms with van der Waals surface area (Å²) < 4.78 is 22.4. The molecular formula is C21H33FN2O2Si. The zero-order chi connectivity index (χ0) is 20.4. The third-order valence-electron chi connectivity index (χ3n) is 5.82. The van der Waals surface area contributed by atoms with E-state index < -0.39 is 8.24 Å². The molecule has 0 aromatic carbocycles. The third kappa shape index (κ3) is 3.81. The van der Waals surface area contributed by atoms with E-state index in [2.05, 4.69) is 50.8 Å². The Labute approximate surface area is 163 Å². The van der Waals surface area contributed by atoms with Crippen molar-refractivity contribution in [2.24, 2.45) is 0 Å². The smallest absolute Gasteiger partial charge is 0.306 e. The normalized spacial score (nSPS) is 12.6. The fourth-order valence-electron chi connectivity index (χ4n) is 4.89. The van der Waals surface area contributed by atoms with Gasteiger partial charge in [-0.15, -0.1) is 0 Å². The van der Waals surface area contributed by atoms with Crippen LogP contribution < -0.4 is 0 Å². The summed E-state index contributed by atoms with van der Waals surface area (Å²) in [6, 6.07) is 1.85. The van der Waals surface area contributed by atoms with Crippen LogP contribution in [-0.2, 0) is 16.0 Å². The fourth-order valence-corrected chi connectivity index (χ4v) is 11.4. The molecule has 4 nitrogen and oxygen atoms in total. The summed E-state index contributed by atoms with van der Waals surface area (Å²) in [6.45, 7) is 15.8. The van der Waals surface area contributed by atoms with Gasteiger partial charge in [-0.3, -0.25) is 4.79 Å². The summed E-state index contributed by atoms with van der Waals surface area (Å²) in [5, 5.41) is 0.551. The molecule has 150 valence electrons. The fraction of sp³-hybridized carbons (Fsp3) is 0.619. The number of carbonyl (C=O) groups is 1. The van der Waals surface area contributed by atoms with Crippen molar-refractivity contribution < 1.29 is 13.9 Å². The van der Waals surface area contributed by atoms with E-state index in [1.54, 1.807) is 13.1 Å². The Kier molecular flexibility index (Phi) is 6.84. The summed E-state index contributed by atoms with van der Waals surface area (Å²) in [5.74, 6) is -0.567. The molecule has 0 radical (unpaired) electrons. The molecule has 2 aromatic heterocycles. The van der Waals surface area contributed by atoms with Crippen LogP contribution in [0, 0.1) is 5.82 Å². The minimum Gasteiger partial charge on any atom is -0.466 e. The topological polar surface area (TPSA) is 44.1 Å². The number of hydrogen-bond donors (Lipinski definition) is 0. The van der Waals surface area contributed by atoms with Gasteiger partial charge in [0.15, 0.2) is 8.24 Å². The molecule has 0 amide bonds. The Morgan fingerprint density at radius 1 is 1.19 bits per heavy atom. The van der Waals surface area contributed by atoms with Crippen LogP contribution >= 0.6 is 0 Å². The number of hydrogen-bond acceptors (Lipinski definition) is 3. The van der Waals surface area contributed by atoms with E-state index in [9.17, 15) is 4.79 Å². The lowest BCUT2D eigenvalue weighted by atomic mass is 10.1. The lowest BCUT2D eigenvalue weighted by Gasteiger charge is -2.44. The predicted octanol–water partition coefficient (Wildman–Crippen LogP) is 5.69. The summed E-state index contributed by atoms with van der Waals surface area (Å²) >= 11 is 0. The van der Waals surface area contributed by atoms with Crippen LogP contribution in [0.15, 0.2) is 18.5 Å². The standard InChI is InChI=1S/C21H33FN2O2Si/c1-8-26-19(25)10-9-17-13-23-21-18(20(17)22)11-12-24(21)27(14(2)3,15(4)5)16(6)7/h11-16H,8-10H2,1-7H3. The van der Waals surface area contributed by atoms with Crippen molar-refractivity contribution in [1.29, 1.82) is 0 Å². The van der Waals surface area contributed by atoms with Crippen molar-refractivity contribution in [2.75, 3.05) is 6.61 Å². The van der Waals surface area contributed by atoms with Gasteiger partial charge < -0.3 is 8.97 Å². The number of rotatable bonds is 8. The van der Waals surface area contributed by atoms with E-state index in [-0.39, 0.29) is 18.2 Å². The number of carbonyl (C=O) groups excluding carboxylic acids is 1.